The van der Waals surface area contributed by atoms with Gasteiger partial charge in [-0.05, 0) is 19.2 Å². The molecule has 1 heterocycles. The highest BCUT2D eigenvalue weighted by Crippen LogP contribution is 2.17. The fourth-order valence-electron chi connectivity index (χ4n) is 0.846. The Bertz CT molecular complexity index is 326. The molecule has 0 amide bonds. The second kappa shape index (κ2) is 4.42. The fourth-order valence-corrected chi connectivity index (χ4v) is 0.846. The molecule has 1 aliphatic heterocycles. The van der Waals surface area contributed by atoms with E-state index in [1.807, 2.05) is 0 Å². The number of hydrogen-bond acceptors (Lipinski definition) is 5. The highest BCUT2D eigenvalue weighted by Gasteiger charge is 2.43. The van der Waals surface area contributed by atoms with E-state index in [4.69, 9.17) is 0 Å². The lowest BCUT2D eigenvalue weighted by Crippen LogP contribution is -2.41. The summed E-state index contributed by atoms with van der Waals surface area (Å²) in [6.45, 7) is 1.90. The van der Waals surface area contributed by atoms with Crippen molar-refractivity contribution in [2.24, 2.45) is 0 Å². The van der Waals surface area contributed by atoms with Gasteiger partial charge in [0.25, 0.3) is 0 Å². The van der Waals surface area contributed by atoms with Crippen LogP contribution in [-0.4, -0.2) is 35.6 Å². The summed E-state index contributed by atoms with van der Waals surface area (Å²) >= 11 is 0. The Labute approximate surface area is 88.3 Å². The van der Waals surface area contributed by atoms with Crippen LogP contribution in [0, 0.1) is 0 Å². The van der Waals surface area contributed by atoms with Gasteiger partial charge in [-0.25, -0.2) is 19.4 Å². The molecule has 0 aromatic rings. The Hall–Kier alpha value is -1.73. The number of carbonyl (C=O) groups is 2. The van der Waals surface area contributed by atoms with Crippen molar-refractivity contribution in [1.29, 1.82) is 0 Å². The van der Waals surface area contributed by atoms with E-state index in [0.717, 1.165) is 0 Å². The summed E-state index contributed by atoms with van der Waals surface area (Å²) in [5, 5.41) is 0. The Morgan fingerprint density at radius 1 is 1.38 bits per heavy atom. The molecule has 8 heteroatoms. The average Bonchev–Trinajstić information content (AvgIpc) is 2.08. The predicted octanol–water partition coefficient (Wildman–Crippen LogP) is 0.768. The molecule has 0 aromatic carbocycles. The summed E-state index contributed by atoms with van der Waals surface area (Å²) in [6.07, 6.45) is -1.87. The van der Waals surface area contributed by atoms with Crippen LogP contribution in [0.3, 0.4) is 0 Å². The Morgan fingerprint density at radius 3 is 2.31 bits per heavy atom. The lowest BCUT2D eigenvalue weighted by atomic mass is 10.2. The van der Waals surface area contributed by atoms with E-state index in [0.29, 0.717) is 6.54 Å². The summed E-state index contributed by atoms with van der Waals surface area (Å²) in [5.74, 6) is -3.63. The first-order valence-corrected chi connectivity index (χ1v) is 4.24. The van der Waals surface area contributed by atoms with Crippen LogP contribution < -0.4 is 0 Å². The van der Waals surface area contributed by atoms with E-state index < -0.39 is 24.2 Å². The molecule has 0 fully saturated rings. The van der Waals surface area contributed by atoms with Gasteiger partial charge < -0.3 is 4.90 Å². The van der Waals surface area contributed by atoms with Gasteiger partial charge >= 0.3 is 18.1 Å². The highest BCUT2D eigenvalue weighted by atomic mass is 19.4. The van der Waals surface area contributed by atoms with Crippen molar-refractivity contribution < 1.29 is 32.5 Å². The van der Waals surface area contributed by atoms with Crippen LogP contribution >= 0.6 is 0 Å². The third-order valence-corrected chi connectivity index (χ3v) is 1.88. The number of halogens is 3. The second-order valence-electron chi connectivity index (χ2n) is 3.03. The minimum Gasteiger partial charge on any atom is -0.361 e. The van der Waals surface area contributed by atoms with Crippen LogP contribution in [0.4, 0.5) is 13.2 Å². The maximum absolute atomic E-state index is 11.6. The van der Waals surface area contributed by atoms with E-state index in [9.17, 15) is 22.8 Å². The van der Waals surface area contributed by atoms with E-state index >= 15 is 0 Å². The molecule has 0 N–H and O–H groups in total. The van der Waals surface area contributed by atoms with Gasteiger partial charge in [0.15, 0.2) is 0 Å². The molecule has 0 bridgehead atoms. The molecule has 1 atom stereocenters. The van der Waals surface area contributed by atoms with Crippen molar-refractivity contribution in [1.82, 2.24) is 4.90 Å². The smallest absolute Gasteiger partial charge is 0.361 e. The zero-order valence-electron chi connectivity index (χ0n) is 8.15. The molecular formula is C8H8F3NO4. The number of hydrogen-bond donors (Lipinski definition) is 0. The van der Waals surface area contributed by atoms with Gasteiger partial charge in [0.05, 0.1) is 0 Å². The molecule has 90 valence electrons. The van der Waals surface area contributed by atoms with E-state index in [-0.39, 0.29) is 0 Å². The lowest BCUT2D eigenvalue weighted by Gasteiger charge is -2.29. The predicted molar refractivity (Wildman–Crippen MR) is 43.5 cm³/mol. The van der Waals surface area contributed by atoms with Gasteiger partial charge in [0.1, 0.15) is 6.04 Å². The van der Waals surface area contributed by atoms with Gasteiger partial charge in [0, 0.05) is 6.54 Å². The van der Waals surface area contributed by atoms with Gasteiger partial charge in [-0.2, -0.15) is 13.2 Å². The minimum atomic E-state index is -5.18. The number of carbonyl (C=O) groups excluding carboxylic acids is 2. The van der Waals surface area contributed by atoms with Crippen molar-refractivity contribution in [3.63, 3.8) is 0 Å². The van der Waals surface area contributed by atoms with E-state index in [1.165, 1.54) is 11.8 Å². The molecule has 0 aromatic heterocycles. The molecule has 0 spiro atoms. The fraction of sp³-hybridized carbons (Fsp3) is 0.500. The molecule has 0 radical (unpaired) electrons. The monoisotopic (exact) mass is 239 g/mol. The van der Waals surface area contributed by atoms with Crippen molar-refractivity contribution >= 4 is 11.9 Å². The Balaban J connectivity index is 2.35. The molecule has 1 aliphatic rings. The zero-order valence-corrected chi connectivity index (χ0v) is 8.15. The summed E-state index contributed by atoms with van der Waals surface area (Å²) in [5.41, 5.74) is 0. The quantitative estimate of drug-likeness (QED) is 0.526. The molecule has 1 rings (SSSR count). The van der Waals surface area contributed by atoms with Crippen LogP contribution in [0.25, 0.3) is 0 Å². The van der Waals surface area contributed by atoms with Crippen molar-refractivity contribution in [3.8, 4) is 0 Å². The average molecular weight is 239 g/mol. The summed E-state index contributed by atoms with van der Waals surface area (Å²) in [6, 6.07) is -0.800. The standard InChI is InChI=1S/C8H8F3NO4/c1-5(12-3-2-4-12)6(13)15-16-7(14)8(9,10)11/h2-3,5H,4H2,1H3. The molecule has 0 saturated heterocycles. The Morgan fingerprint density at radius 2 is 1.94 bits per heavy atom. The number of rotatable bonds is 2. The second-order valence-corrected chi connectivity index (χ2v) is 3.03. The third-order valence-electron chi connectivity index (χ3n) is 1.88. The van der Waals surface area contributed by atoms with Crippen LogP contribution in [-0.2, 0) is 19.4 Å². The van der Waals surface area contributed by atoms with Crippen molar-refractivity contribution in [2.45, 2.75) is 19.1 Å². The first kappa shape index (κ1) is 12.3. The topological polar surface area (TPSA) is 55.8 Å². The maximum atomic E-state index is 11.6. The first-order chi connectivity index (χ1) is 7.32. The van der Waals surface area contributed by atoms with Crippen molar-refractivity contribution in [3.05, 3.63) is 12.3 Å². The van der Waals surface area contributed by atoms with Crippen LogP contribution in [0.2, 0.25) is 0 Å². The zero-order chi connectivity index (χ0) is 12.3. The first-order valence-electron chi connectivity index (χ1n) is 4.24. The number of alkyl halides is 3. The molecule has 16 heavy (non-hydrogen) atoms. The van der Waals surface area contributed by atoms with E-state index in [1.54, 1.807) is 12.3 Å². The normalized spacial score (nSPS) is 16.4. The van der Waals surface area contributed by atoms with Crippen LogP contribution in [0.15, 0.2) is 12.3 Å². The minimum absolute atomic E-state index is 0.490. The summed E-state index contributed by atoms with van der Waals surface area (Å²) in [4.78, 5) is 29.9. The SMILES string of the molecule is CC(C(=O)OOC(=O)C(F)(F)F)N1C=CC1. The summed E-state index contributed by atoms with van der Waals surface area (Å²) in [7, 11) is 0. The Kier molecular flexibility index (Phi) is 3.41. The van der Waals surface area contributed by atoms with E-state index in [2.05, 4.69) is 9.78 Å². The molecule has 0 aliphatic carbocycles. The molecule has 0 saturated carbocycles. The van der Waals surface area contributed by atoms with Crippen molar-refractivity contribution in [2.75, 3.05) is 6.54 Å². The lowest BCUT2D eigenvalue weighted by molar-refractivity contribution is -0.287. The maximum Gasteiger partial charge on any atom is 0.495 e. The number of nitrogens with zero attached hydrogens (tertiary/aromatic N) is 1. The van der Waals surface area contributed by atoms with Gasteiger partial charge in [0.2, 0.25) is 0 Å². The molecule has 5 nitrogen and oxygen atoms in total. The van der Waals surface area contributed by atoms with Gasteiger partial charge in [-0.15, -0.1) is 0 Å². The van der Waals surface area contributed by atoms with Crippen LogP contribution in [0.1, 0.15) is 6.92 Å². The summed E-state index contributed by atoms with van der Waals surface area (Å²) < 4.78 is 34.9. The van der Waals surface area contributed by atoms with Crippen LogP contribution in [0.5, 0.6) is 0 Å². The molecular weight excluding hydrogens is 231 g/mol. The third kappa shape index (κ3) is 2.88. The van der Waals surface area contributed by atoms with Gasteiger partial charge in [-0.1, -0.05) is 0 Å². The largest absolute Gasteiger partial charge is 0.495 e. The highest BCUT2D eigenvalue weighted by molar-refractivity contribution is 5.78. The van der Waals surface area contributed by atoms with Gasteiger partial charge in [-0.3, -0.25) is 0 Å². The molecule has 1 unspecified atom stereocenters.